The Bertz CT molecular complexity index is 915. The SMILES string of the molecule is CCOc1cc(/C=C2/SC(=O)N(c3ccccc3)C2=O)c(Br)c(Br)c1O. The number of hydrogen-bond acceptors (Lipinski definition) is 5. The smallest absolute Gasteiger partial charge is 0.298 e. The molecular weight excluding hydrogens is 486 g/mol. The van der Waals surface area contributed by atoms with Crippen molar-refractivity contribution in [2.24, 2.45) is 0 Å². The molecule has 134 valence electrons. The Morgan fingerprint density at radius 3 is 2.54 bits per heavy atom. The lowest BCUT2D eigenvalue weighted by molar-refractivity contribution is -0.113. The number of nitrogens with zero attached hydrogens (tertiary/aromatic N) is 1. The standard InChI is InChI=1S/C18H13Br2NO4S/c1-2-25-12-8-10(14(19)15(20)16(12)22)9-13-17(23)21(18(24)26-13)11-6-4-3-5-7-11/h3-9,22H,2H2,1H3/b13-9+. The molecule has 5 nitrogen and oxygen atoms in total. The van der Waals surface area contributed by atoms with E-state index in [0.717, 1.165) is 16.7 Å². The van der Waals surface area contributed by atoms with Crippen LogP contribution in [0, 0.1) is 0 Å². The number of thioether (sulfide) groups is 1. The summed E-state index contributed by atoms with van der Waals surface area (Å²) in [6, 6.07) is 10.4. The van der Waals surface area contributed by atoms with Crippen LogP contribution in [0.25, 0.3) is 6.08 Å². The number of hydrogen-bond donors (Lipinski definition) is 1. The van der Waals surface area contributed by atoms with Crippen LogP contribution in [-0.4, -0.2) is 22.9 Å². The number of anilines is 1. The van der Waals surface area contributed by atoms with Gasteiger partial charge >= 0.3 is 0 Å². The molecule has 0 saturated carbocycles. The molecule has 8 heteroatoms. The van der Waals surface area contributed by atoms with E-state index in [4.69, 9.17) is 4.74 Å². The first-order valence-electron chi connectivity index (χ1n) is 7.60. The fraction of sp³-hybridized carbons (Fsp3) is 0.111. The quantitative estimate of drug-likeness (QED) is 0.559. The van der Waals surface area contributed by atoms with Gasteiger partial charge in [-0.3, -0.25) is 9.59 Å². The van der Waals surface area contributed by atoms with E-state index in [9.17, 15) is 14.7 Å². The largest absolute Gasteiger partial charge is 0.503 e. The van der Waals surface area contributed by atoms with Crippen molar-refractivity contribution in [2.45, 2.75) is 6.92 Å². The molecule has 1 N–H and O–H groups in total. The van der Waals surface area contributed by atoms with Gasteiger partial charge in [-0.1, -0.05) is 18.2 Å². The summed E-state index contributed by atoms with van der Waals surface area (Å²) in [5.41, 5.74) is 1.14. The molecule has 0 radical (unpaired) electrons. The topological polar surface area (TPSA) is 66.8 Å². The highest BCUT2D eigenvalue weighted by Gasteiger charge is 2.36. The number of rotatable bonds is 4. The van der Waals surface area contributed by atoms with Crippen molar-refractivity contribution in [2.75, 3.05) is 11.5 Å². The fourth-order valence-corrected chi connectivity index (χ4v) is 4.06. The lowest BCUT2D eigenvalue weighted by Crippen LogP contribution is -2.27. The number of ether oxygens (including phenoxy) is 1. The highest BCUT2D eigenvalue weighted by atomic mass is 79.9. The molecule has 0 bridgehead atoms. The summed E-state index contributed by atoms with van der Waals surface area (Å²) in [5, 5.41) is 9.77. The van der Waals surface area contributed by atoms with Crippen molar-refractivity contribution in [1.82, 2.24) is 0 Å². The molecule has 2 amide bonds. The zero-order valence-corrected chi connectivity index (χ0v) is 17.5. The maximum Gasteiger partial charge on any atom is 0.298 e. The van der Waals surface area contributed by atoms with Crippen LogP contribution in [0.4, 0.5) is 10.5 Å². The van der Waals surface area contributed by atoms with Crippen LogP contribution in [-0.2, 0) is 4.79 Å². The Morgan fingerprint density at radius 2 is 1.88 bits per heavy atom. The molecule has 0 spiro atoms. The summed E-state index contributed by atoms with van der Waals surface area (Å²) in [4.78, 5) is 26.4. The highest BCUT2D eigenvalue weighted by molar-refractivity contribution is 9.13. The normalized spacial score (nSPS) is 15.8. The van der Waals surface area contributed by atoms with Gasteiger partial charge in [-0.25, -0.2) is 4.90 Å². The molecule has 1 saturated heterocycles. The number of aromatic hydroxyl groups is 1. The molecule has 3 rings (SSSR count). The molecule has 0 atom stereocenters. The maximum atomic E-state index is 12.7. The van der Waals surface area contributed by atoms with E-state index in [-0.39, 0.29) is 22.6 Å². The van der Waals surface area contributed by atoms with Gasteiger partial charge in [-0.15, -0.1) is 0 Å². The van der Waals surface area contributed by atoms with Gasteiger partial charge in [0.25, 0.3) is 11.1 Å². The minimum Gasteiger partial charge on any atom is -0.503 e. The van der Waals surface area contributed by atoms with Crippen LogP contribution in [0.5, 0.6) is 11.5 Å². The third kappa shape index (κ3) is 3.54. The van der Waals surface area contributed by atoms with Crippen LogP contribution in [0.1, 0.15) is 12.5 Å². The Kier molecular flexibility index (Phi) is 5.74. The number of para-hydroxylation sites is 1. The fourth-order valence-electron chi connectivity index (χ4n) is 2.39. The zero-order valence-electron chi connectivity index (χ0n) is 13.5. The molecule has 0 unspecified atom stereocenters. The molecule has 0 aliphatic carbocycles. The van der Waals surface area contributed by atoms with Crippen LogP contribution in [0.3, 0.4) is 0 Å². The zero-order chi connectivity index (χ0) is 18.8. The van der Waals surface area contributed by atoms with Gasteiger partial charge in [0, 0.05) is 4.47 Å². The molecule has 2 aromatic carbocycles. The molecule has 1 aliphatic rings. The minimum atomic E-state index is -0.389. The van der Waals surface area contributed by atoms with E-state index in [1.54, 1.807) is 43.3 Å². The van der Waals surface area contributed by atoms with Gasteiger partial charge in [-0.2, -0.15) is 0 Å². The van der Waals surface area contributed by atoms with E-state index in [0.29, 0.717) is 31.7 Å². The van der Waals surface area contributed by atoms with E-state index in [2.05, 4.69) is 31.9 Å². The van der Waals surface area contributed by atoms with Gasteiger partial charge < -0.3 is 9.84 Å². The van der Waals surface area contributed by atoms with Crippen molar-refractivity contribution in [1.29, 1.82) is 0 Å². The Hall–Kier alpha value is -1.77. The molecule has 0 aromatic heterocycles. The van der Waals surface area contributed by atoms with Crippen molar-refractivity contribution in [3.8, 4) is 11.5 Å². The average Bonchev–Trinajstić information content (AvgIpc) is 2.91. The number of carbonyl (C=O) groups excluding carboxylic acids is 2. The molecule has 1 heterocycles. The predicted octanol–water partition coefficient (Wildman–Crippen LogP) is 5.56. The van der Waals surface area contributed by atoms with Crippen LogP contribution < -0.4 is 9.64 Å². The second-order valence-corrected chi connectivity index (χ2v) is 7.81. The Morgan fingerprint density at radius 1 is 1.19 bits per heavy atom. The van der Waals surface area contributed by atoms with E-state index >= 15 is 0 Å². The summed E-state index contributed by atoms with van der Waals surface area (Å²) < 4.78 is 6.39. The van der Waals surface area contributed by atoms with Crippen molar-refractivity contribution in [3.05, 3.63) is 55.8 Å². The van der Waals surface area contributed by atoms with Gasteiger partial charge in [0.15, 0.2) is 11.5 Å². The summed E-state index contributed by atoms with van der Waals surface area (Å²) >= 11 is 7.56. The van der Waals surface area contributed by atoms with Crippen molar-refractivity contribution >= 4 is 66.5 Å². The summed E-state index contributed by atoms with van der Waals surface area (Å²) in [6.07, 6.45) is 1.60. The summed E-state index contributed by atoms with van der Waals surface area (Å²) in [6.45, 7) is 2.19. The summed E-state index contributed by atoms with van der Waals surface area (Å²) in [7, 11) is 0. The Balaban J connectivity index is 2.01. The second-order valence-electron chi connectivity index (χ2n) is 5.23. The lowest BCUT2D eigenvalue weighted by atomic mass is 10.1. The predicted molar refractivity (Wildman–Crippen MR) is 110 cm³/mol. The molecule has 2 aromatic rings. The number of imide groups is 1. The van der Waals surface area contributed by atoms with Gasteiger partial charge in [0.2, 0.25) is 0 Å². The number of halogens is 2. The van der Waals surface area contributed by atoms with Gasteiger partial charge in [0.05, 0.1) is 21.7 Å². The van der Waals surface area contributed by atoms with Crippen LogP contribution >= 0.6 is 43.6 Å². The highest BCUT2D eigenvalue weighted by Crippen LogP contribution is 2.44. The third-order valence-electron chi connectivity index (χ3n) is 3.57. The lowest BCUT2D eigenvalue weighted by Gasteiger charge is -2.12. The number of phenols is 1. The molecular formula is C18H13Br2NO4S. The van der Waals surface area contributed by atoms with Crippen LogP contribution in [0.15, 0.2) is 50.2 Å². The molecule has 1 aliphatic heterocycles. The second kappa shape index (κ2) is 7.85. The number of amides is 2. The first-order valence-corrected chi connectivity index (χ1v) is 10.0. The average molecular weight is 499 g/mol. The van der Waals surface area contributed by atoms with Crippen molar-refractivity contribution in [3.63, 3.8) is 0 Å². The van der Waals surface area contributed by atoms with Crippen molar-refractivity contribution < 1.29 is 19.4 Å². The monoisotopic (exact) mass is 497 g/mol. The maximum absolute atomic E-state index is 12.7. The summed E-state index contributed by atoms with van der Waals surface area (Å²) in [5.74, 6) is -0.135. The first kappa shape index (κ1) is 19.0. The van der Waals surface area contributed by atoms with Gasteiger partial charge in [-0.05, 0) is 80.4 Å². The van der Waals surface area contributed by atoms with E-state index in [1.165, 1.54) is 0 Å². The molecule has 26 heavy (non-hydrogen) atoms. The number of carbonyl (C=O) groups is 2. The minimum absolute atomic E-state index is 0.0340. The van der Waals surface area contributed by atoms with E-state index < -0.39 is 0 Å². The Labute approximate surface area is 171 Å². The van der Waals surface area contributed by atoms with Crippen LogP contribution in [0.2, 0.25) is 0 Å². The number of benzene rings is 2. The van der Waals surface area contributed by atoms with Gasteiger partial charge in [0.1, 0.15) is 0 Å². The third-order valence-corrected chi connectivity index (χ3v) is 6.60. The molecule has 1 fully saturated rings. The van der Waals surface area contributed by atoms with E-state index in [1.807, 2.05) is 6.07 Å². The number of phenolic OH excluding ortho intramolecular Hbond substituents is 1. The first-order chi connectivity index (χ1) is 12.4.